The van der Waals surface area contributed by atoms with E-state index < -0.39 is 17.9 Å². The van der Waals surface area contributed by atoms with Crippen LogP contribution in [0.5, 0.6) is 0 Å². The zero-order valence-corrected chi connectivity index (χ0v) is 17.3. The second-order valence-electron chi connectivity index (χ2n) is 8.22. The number of carbonyl (C=O) groups is 3. The molecule has 0 bridgehead atoms. The summed E-state index contributed by atoms with van der Waals surface area (Å²) in [6.45, 7) is 0.791. The summed E-state index contributed by atoms with van der Waals surface area (Å²) in [7, 11) is 1.60. The van der Waals surface area contributed by atoms with Gasteiger partial charge in [0.05, 0.1) is 17.9 Å². The number of hydrogen-bond donors (Lipinski definition) is 0. The number of rotatable bonds is 6. The molecule has 0 spiro atoms. The molecule has 0 aliphatic carbocycles. The predicted octanol–water partition coefficient (Wildman–Crippen LogP) is 2.79. The second kappa shape index (κ2) is 7.78. The van der Waals surface area contributed by atoms with Crippen LogP contribution in [0.4, 0.5) is 5.69 Å². The van der Waals surface area contributed by atoms with E-state index in [1.807, 2.05) is 59.5 Å². The fourth-order valence-electron chi connectivity index (χ4n) is 5.24. The molecule has 2 aromatic rings. The summed E-state index contributed by atoms with van der Waals surface area (Å²) in [5.74, 6) is -1.81. The summed E-state index contributed by atoms with van der Waals surface area (Å²) in [5.41, 5.74) is 2.43. The number of anilines is 1. The third-order valence-corrected chi connectivity index (χ3v) is 6.56. The van der Waals surface area contributed by atoms with Gasteiger partial charge in [0, 0.05) is 31.5 Å². The van der Waals surface area contributed by atoms with Gasteiger partial charge in [-0.15, -0.1) is 0 Å². The normalized spacial score (nSPS) is 26.1. The minimum atomic E-state index is -0.715. The summed E-state index contributed by atoms with van der Waals surface area (Å²) >= 11 is 0. The highest BCUT2D eigenvalue weighted by atomic mass is 16.5. The number of ketones is 1. The maximum atomic E-state index is 13.7. The fourth-order valence-corrected chi connectivity index (χ4v) is 5.24. The standard InChI is InChI=1S/C25H24N2O4/c1-31-15-7-14-26-24(29)20-19-13-12-16-8-5-6-11-18(16)27(19)22(21(20)25(26)30)23(28)17-9-3-2-4-10-17/h2-6,8-13,19-22H,7,14-15H2,1H3/t19-,20-,21-,22-/m1/s1. The number of fused-ring (bicyclic) bond motifs is 5. The molecule has 0 radical (unpaired) electrons. The molecule has 31 heavy (non-hydrogen) atoms. The lowest BCUT2D eigenvalue weighted by Crippen LogP contribution is -2.48. The van der Waals surface area contributed by atoms with Crippen molar-refractivity contribution in [1.82, 2.24) is 4.90 Å². The Morgan fingerprint density at radius 3 is 2.45 bits per heavy atom. The summed E-state index contributed by atoms with van der Waals surface area (Å²) in [6, 6.07) is 15.8. The number of carbonyl (C=O) groups excluding carboxylic acids is 3. The number of para-hydroxylation sites is 1. The maximum absolute atomic E-state index is 13.7. The molecule has 6 heteroatoms. The predicted molar refractivity (Wildman–Crippen MR) is 116 cm³/mol. The van der Waals surface area contributed by atoms with Gasteiger partial charge in [-0.05, 0) is 18.1 Å². The summed E-state index contributed by atoms with van der Waals surface area (Å²) < 4.78 is 5.09. The summed E-state index contributed by atoms with van der Waals surface area (Å²) in [5, 5.41) is 0. The van der Waals surface area contributed by atoms with Gasteiger partial charge in [-0.2, -0.15) is 0 Å². The van der Waals surface area contributed by atoms with Crippen LogP contribution in [0.2, 0.25) is 0 Å². The van der Waals surface area contributed by atoms with E-state index in [0.29, 0.717) is 25.1 Å². The molecular weight excluding hydrogens is 392 g/mol. The van der Waals surface area contributed by atoms with Crippen LogP contribution in [0.3, 0.4) is 0 Å². The van der Waals surface area contributed by atoms with E-state index in [4.69, 9.17) is 4.74 Å². The van der Waals surface area contributed by atoms with Gasteiger partial charge in [0.25, 0.3) is 0 Å². The molecule has 0 saturated carbocycles. The van der Waals surface area contributed by atoms with Crippen LogP contribution < -0.4 is 4.90 Å². The number of likely N-dealkylation sites (tertiary alicyclic amines) is 1. The van der Waals surface area contributed by atoms with Crippen molar-refractivity contribution in [2.45, 2.75) is 18.5 Å². The number of Topliss-reactive ketones (excluding diaryl/α,β-unsaturated/α-hetero) is 1. The van der Waals surface area contributed by atoms with E-state index in [0.717, 1.165) is 11.3 Å². The van der Waals surface area contributed by atoms with Crippen molar-refractivity contribution >= 4 is 29.4 Å². The van der Waals surface area contributed by atoms with Crippen LogP contribution in [0.25, 0.3) is 6.08 Å². The molecule has 0 unspecified atom stereocenters. The first kappa shape index (κ1) is 19.7. The molecule has 2 amide bonds. The minimum Gasteiger partial charge on any atom is -0.385 e. The van der Waals surface area contributed by atoms with Crippen LogP contribution in [0, 0.1) is 11.8 Å². The average Bonchev–Trinajstić information content (AvgIpc) is 3.28. The molecule has 2 fully saturated rings. The molecule has 3 heterocycles. The van der Waals surface area contributed by atoms with E-state index in [-0.39, 0.29) is 23.6 Å². The van der Waals surface area contributed by atoms with Gasteiger partial charge in [0.1, 0.15) is 6.04 Å². The summed E-state index contributed by atoms with van der Waals surface area (Å²) in [4.78, 5) is 43.9. The van der Waals surface area contributed by atoms with Gasteiger partial charge in [0.15, 0.2) is 5.78 Å². The smallest absolute Gasteiger partial charge is 0.235 e. The quantitative estimate of drug-likeness (QED) is 0.412. The zero-order valence-electron chi connectivity index (χ0n) is 17.3. The van der Waals surface area contributed by atoms with Crippen LogP contribution in [-0.2, 0) is 14.3 Å². The topological polar surface area (TPSA) is 66.9 Å². The highest BCUT2D eigenvalue weighted by Crippen LogP contribution is 2.48. The Bertz CT molecular complexity index is 1060. The Labute approximate surface area is 181 Å². The van der Waals surface area contributed by atoms with Crippen molar-refractivity contribution < 1.29 is 19.1 Å². The Morgan fingerprint density at radius 2 is 1.68 bits per heavy atom. The van der Waals surface area contributed by atoms with Crippen LogP contribution in [0.15, 0.2) is 60.7 Å². The highest BCUT2D eigenvalue weighted by Gasteiger charge is 2.63. The number of hydrogen-bond acceptors (Lipinski definition) is 5. The Kier molecular flexibility index (Phi) is 4.94. The number of imide groups is 1. The van der Waals surface area contributed by atoms with Crippen molar-refractivity contribution in [3.8, 4) is 0 Å². The SMILES string of the molecule is COCCCN1C(=O)[C@@H]2[C@H](C1=O)[C@H]1C=Cc3ccccc3N1[C@H]2C(=O)c1ccccc1. The number of methoxy groups -OCH3 is 1. The van der Waals surface area contributed by atoms with Crippen LogP contribution in [0.1, 0.15) is 22.3 Å². The fraction of sp³-hybridized carbons (Fsp3) is 0.320. The molecule has 158 valence electrons. The number of amides is 2. The number of ether oxygens (including phenoxy) is 1. The van der Waals surface area contributed by atoms with Gasteiger partial charge < -0.3 is 9.64 Å². The van der Waals surface area contributed by atoms with Crippen molar-refractivity contribution in [3.05, 3.63) is 71.8 Å². The largest absolute Gasteiger partial charge is 0.385 e. The maximum Gasteiger partial charge on any atom is 0.235 e. The molecule has 3 aliphatic rings. The molecule has 0 N–H and O–H groups in total. The zero-order chi connectivity index (χ0) is 21.5. The highest BCUT2D eigenvalue weighted by molar-refractivity contribution is 6.14. The lowest BCUT2D eigenvalue weighted by molar-refractivity contribution is -0.140. The monoisotopic (exact) mass is 416 g/mol. The second-order valence-corrected chi connectivity index (χ2v) is 8.22. The number of benzene rings is 2. The van der Waals surface area contributed by atoms with E-state index in [1.54, 1.807) is 19.2 Å². The Morgan fingerprint density at radius 1 is 0.968 bits per heavy atom. The van der Waals surface area contributed by atoms with Crippen molar-refractivity contribution in [2.24, 2.45) is 11.8 Å². The van der Waals surface area contributed by atoms with Gasteiger partial charge in [0.2, 0.25) is 11.8 Å². The molecule has 3 aliphatic heterocycles. The van der Waals surface area contributed by atoms with E-state index >= 15 is 0 Å². The number of nitrogens with zero attached hydrogens (tertiary/aromatic N) is 2. The van der Waals surface area contributed by atoms with Crippen LogP contribution in [-0.4, -0.2) is 54.8 Å². The molecule has 6 nitrogen and oxygen atoms in total. The third-order valence-electron chi connectivity index (χ3n) is 6.56. The molecule has 2 saturated heterocycles. The first-order chi connectivity index (χ1) is 15.1. The average molecular weight is 416 g/mol. The van der Waals surface area contributed by atoms with Gasteiger partial charge in [-0.1, -0.05) is 60.7 Å². The van der Waals surface area contributed by atoms with Crippen LogP contribution >= 0.6 is 0 Å². The van der Waals surface area contributed by atoms with Crippen molar-refractivity contribution in [1.29, 1.82) is 0 Å². The van der Waals surface area contributed by atoms with Crippen molar-refractivity contribution in [3.63, 3.8) is 0 Å². The molecule has 0 aromatic heterocycles. The first-order valence-corrected chi connectivity index (χ1v) is 10.6. The Hall–Kier alpha value is -3.25. The van der Waals surface area contributed by atoms with E-state index in [2.05, 4.69) is 0 Å². The van der Waals surface area contributed by atoms with E-state index in [9.17, 15) is 14.4 Å². The Balaban J connectivity index is 1.58. The first-order valence-electron chi connectivity index (χ1n) is 10.6. The third kappa shape index (κ3) is 3.01. The minimum absolute atomic E-state index is 0.122. The molecule has 4 atom stereocenters. The molecule has 5 rings (SSSR count). The van der Waals surface area contributed by atoms with Gasteiger partial charge in [-0.3, -0.25) is 19.3 Å². The van der Waals surface area contributed by atoms with E-state index in [1.165, 1.54) is 4.90 Å². The lowest BCUT2D eigenvalue weighted by Gasteiger charge is -2.36. The lowest BCUT2D eigenvalue weighted by atomic mass is 9.86. The molecule has 2 aromatic carbocycles. The van der Waals surface area contributed by atoms with Crippen molar-refractivity contribution in [2.75, 3.05) is 25.2 Å². The summed E-state index contributed by atoms with van der Waals surface area (Å²) in [6.07, 6.45) is 4.55. The molecular formula is C25H24N2O4. The van der Waals surface area contributed by atoms with Gasteiger partial charge >= 0.3 is 0 Å². The van der Waals surface area contributed by atoms with Gasteiger partial charge in [-0.25, -0.2) is 0 Å².